The lowest BCUT2D eigenvalue weighted by atomic mass is 9.82. The van der Waals surface area contributed by atoms with E-state index >= 15 is 0 Å². The molecule has 0 saturated heterocycles. The number of rotatable bonds is 8. The molecule has 0 radical (unpaired) electrons. The third-order valence-electron chi connectivity index (χ3n) is 13.6. The molecule has 0 spiro atoms. The Hall–Kier alpha value is -8.20. The highest BCUT2D eigenvalue weighted by molar-refractivity contribution is 6.10. The second-order valence-corrected chi connectivity index (χ2v) is 17.7. The van der Waals surface area contributed by atoms with Crippen molar-refractivity contribution in [3.63, 3.8) is 0 Å². The molecule has 12 rings (SSSR count). The first-order chi connectivity index (χ1) is 32.0. The lowest BCUT2D eigenvalue weighted by molar-refractivity contribution is 0.660. The summed E-state index contributed by atoms with van der Waals surface area (Å²) in [5, 5.41) is 2.50. The highest BCUT2D eigenvalue weighted by atomic mass is 15.1. The maximum absolute atomic E-state index is 2.48. The van der Waals surface area contributed by atoms with Crippen LogP contribution in [-0.4, -0.2) is 4.57 Å². The van der Waals surface area contributed by atoms with Crippen LogP contribution >= 0.6 is 0 Å². The Bertz CT molecular complexity index is 3520. The molecule has 0 aliphatic heterocycles. The summed E-state index contributed by atoms with van der Waals surface area (Å²) in [7, 11) is 0. The van der Waals surface area contributed by atoms with Gasteiger partial charge in [-0.15, -0.1) is 0 Å². The predicted molar refractivity (Wildman–Crippen MR) is 275 cm³/mol. The molecule has 2 nitrogen and oxygen atoms in total. The first-order valence-corrected chi connectivity index (χ1v) is 22.6. The molecule has 10 aromatic carbocycles. The third-order valence-corrected chi connectivity index (χ3v) is 13.6. The Morgan fingerprint density at radius 2 is 0.846 bits per heavy atom. The molecule has 0 amide bonds. The molecule has 65 heavy (non-hydrogen) atoms. The van der Waals surface area contributed by atoms with Gasteiger partial charge in [0.2, 0.25) is 0 Å². The van der Waals surface area contributed by atoms with Crippen molar-refractivity contribution in [1.29, 1.82) is 0 Å². The Morgan fingerprint density at radius 3 is 1.58 bits per heavy atom. The van der Waals surface area contributed by atoms with Gasteiger partial charge in [0, 0.05) is 38.7 Å². The van der Waals surface area contributed by atoms with Crippen LogP contribution in [0.4, 0.5) is 17.1 Å². The van der Waals surface area contributed by atoms with Crippen LogP contribution in [0.1, 0.15) is 25.0 Å². The maximum Gasteiger partial charge on any atom is 0.0541 e. The predicted octanol–water partition coefficient (Wildman–Crippen LogP) is 17.2. The van der Waals surface area contributed by atoms with Gasteiger partial charge in [0.25, 0.3) is 0 Å². The molecular formula is C63H46N2. The van der Waals surface area contributed by atoms with E-state index in [1.54, 1.807) is 0 Å². The molecular weight excluding hydrogens is 785 g/mol. The minimum atomic E-state index is -0.157. The topological polar surface area (TPSA) is 8.17 Å². The molecule has 11 aromatic rings. The van der Waals surface area contributed by atoms with Crippen molar-refractivity contribution in [3.8, 4) is 61.3 Å². The quantitative estimate of drug-likeness (QED) is 0.148. The highest BCUT2D eigenvalue weighted by Gasteiger charge is 2.36. The number of anilines is 3. The fourth-order valence-corrected chi connectivity index (χ4v) is 10.5. The lowest BCUT2D eigenvalue weighted by Gasteiger charge is -2.30. The Balaban J connectivity index is 1.12. The molecule has 0 bridgehead atoms. The van der Waals surface area contributed by atoms with Crippen molar-refractivity contribution in [3.05, 3.63) is 254 Å². The van der Waals surface area contributed by atoms with Crippen LogP contribution in [0, 0.1) is 0 Å². The number of para-hydroxylation sites is 4. The van der Waals surface area contributed by atoms with E-state index in [1.807, 2.05) is 0 Å². The average molecular weight is 831 g/mol. The second-order valence-electron chi connectivity index (χ2n) is 17.7. The van der Waals surface area contributed by atoms with Crippen LogP contribution in [0.3, 0.4) is 0 Å². The van der Waals surface area contributed by atoms with Gasteiger partial charge in [0.05, 0.1) is 22.4 Å². The zero-order valence-electron chi connectivity index (χ0n) is 36.5. The summed E-state index contributed by atoms with van der Waals surface area (Å²) in [6, 6.07) is 89.0. The maximum atomic E-state index is 2.48. The molecule has 0 saturated carbocycles. The van der Waals surface area contributed by atoms with Crippen LogP contribution in [0.2, 0.25) is 0 Å². The fourth-order valence-electron chi connectivity index (χ4n) is 10.5. The molecule has 1 aromatic heterocycles. The van der Waals surface area contributed by atoms with Crippen LogP contribution in [0.25, 0.3) is 83.1 Å². The van der Waals surface area contributed by atoms with Crippen molar-refractivity contribution in [2.24, 2.45) is 0 Å². The summed E-state index contributed by atoms with van der Waals surface area (Å²) >= 11 is 0. The summed E-state index contributed by atoms with van der Waals surface area (Å²) in [6.45, 7) is 4.73. The van der Waals surface area contributed by atoms with E-state index in [2.05, 4.69) is 266 Å². The average Bonchev–Trinajstić information content (AvgIpc) is 3.82. The molecule has 1 aliphatic rings. The Kier molecular flexibility index (Phi) is 9.21. The second kappa shape index (κ2) is 15.6. The minimum Gasteiger partial charge on any atom is -0.310 e. The molecule has 1 aliphatic carbocycles. The molecule has 0 atom stereocenters. The van der Waals surface area contributed by atoms with E-state index in [4.69, 9.17) is 0 Å². The van der Waals surface area contributed by atoms with E-state index in [-0.39, 0.29) is 5.41 Å². The van der Waals surface area contributed by atoms with Gasteiger partial charge in [0.15, 0.2) is 0 Å². The van der Waals surface area contributed by atoms with Crippen LogP contribution in [0.5, 0.6) is 0 Å². The van der Waals surface area contributed by atoms with Crippen LogP contribution < -0.4 is 4.90 Å². The number of fused-ring (bicyclic) bond motifs is 6. The van der Waals surface area contributed by atoms with Crippen LogP contribution in [0.15, 0.2) is 243 Å². The monoisotopic (exact) mass is 830 g/mol. The number of benzene rings is 10. The number of hydrogen-bond acceptors (Lipinski definition) is 1. The van der Waals surface area contributed by atoms with E-state index < -0.39 is 0 Å². The fraction of sp³-hybridized carbons (Fsp3) is 0.0476. The zero-order chi connectivity index (χ0) is 43.5. The minimum absolute atomic E-state index is 0.157. The Morgan fingerprint density at radius 1 is 0.323 bits per heavy atom. The van der Waals surface area contributed by atoms with E-state index in [1.165, 1.54) is 77.4 Å². The lowest BCUT2D eigenvalue weighted by Crippen LogP contribution is -2.17. The molecule has 2 heteroatoms. The van der Waals surface area contributed by atoms with Crippen LogP contribution in [-0.2, 0) is 5.41 Å². The molecule has 0 N–H and O–H groups in total. The third kappa shape index (κ3) is 6.40. The van der Waals surface area contributed by atoms with Crippen molar-refractivity contribution in [2.75, 3.05) is 4.90 Å². The normalized spacial score (nSPS) is 12.6. The number of hydrogen-bond donors (Lipinski definition) is 0. The van der Waals surface area contributed by atoms with Crippen molar-refractivity contribution in [2.45, 2.75) is 19.3 Å². The van der Waals surface area contributed by atoms with E-state index in [9.17, 15) is 0 Å². The summed E-state index contributed by atoms with van der Waals surface area (Å²) in [4.78, 5) is 2.48. The highest BCUT2D eigenvalue weighted by Crippen LogP contribution is 2.52. The molecule has 0 unspecified atom stereocenters. The van der Waals surface area contributed by atoms with Gasteiger partial charge >= 0.3 is 0 Å². The van der Waals surface area contributed by atoms with Crippen molar-refractivity contribution in [1.82, 2.24) is 4.57 Å². The summed E-state index contributed by atoms with van der Waals surface area (Å²) < 4.78 is 2.45. The smallest absolute Gasteiger partial charge is 0.0541 e. The van der Waals surface area contributed by atoms with Gasteiger partial charge in [-0.3, -0.25) is 0 Å². The zero-order valence-corrected chi connectivity index (χ0v) is 36.5. The standard InChI is InChI=1S/C63H46N2/c1-63(2)57-31-14-9-27-51(57)52-39-37-48(42-58(52)63)64(59-32-15-10-26-49(59)44-22-7-4-8-23-44)47-36-38-50(56(41-47)46-25-19-24-45(40-46)43-20-5-3-6-21-43)53-28-11-16-33-60(53)65-61-34-17-12-29-54(61)55-30-13-18-35-62(55)65/h3-42H,1-2H3. The first-order valence-electron chi connectivity index (χ1n) is 22.6. The van der Waals surface area contributed by atoms with Gasteiger partial charge in [0.1, 0.15) is 0 Å². The molecule has 1 heterocycles. The number of nitrogens with zero attached hydrogens (tertiary/aromatic N) is 2. The summed E-state index contributed by atoms with van der Waals surface area (Å²) in [5.74, 6) is 0. The van der Waals surface area contributed by atoms with E-state index in [0.717, 1.165) is 33.9 Å². The SMILES string of the molecule is CC1(C)c2ccccc2-c2ccc(N(c3ccc(-c4ccccc4-n4c5ccccc5c5ccccc54)c(-c4cccc(-c5ccccc5)c4)c3)c3ccccc3-c3ccccc3)cc21. The van der Waals surface area contributed by atoms with E-state index in [0.29, 0.717) is 0 Å². The largest absolute Gasteiger partial charge is 0.310 e. The van der Waals surface area contributed by atoms with Crippen molar-refractivity contribution < 1.29 is 0 Å². The van der Waals surface area contributed by atoms with Gasteiger partial charge < -0.3 is 9.47 Å². The molecule has 0 fully saturated rings. The first kappa shape index (κ1) is 38.5. The van der Waals surface area contributed by atoms with Gasteiger partial charge in [-0.1, -0.05) is 202 Å². The van der Waals surface area contributed by atoms with Crippen molar-refractivity contribution >= 4 is 38.9 Å². The van der Waals surface area contributed by atoms with Gasteiger partial charge in [-0.2, -0.15) is 0 Å². The number of aromatic nitrogens is 1. The summed E-state index contributed by atoms with van der Waals surface area (Å²) in [5.41, 5.74) is 21.4. The Labute approximate surface area is 381 Å². The van der Waals surface area contributed by atoms with Gasteiger partial charge in [-0.05, 0) is 110 Å². The summed E-state index contributed by atoms with van der Waals surface area (Å²) in [6.07, 6.45) is 0. The molecule has 308 valence electrons. The van der Waals surface area contributed by atoms with Gasteiger partial charge in [-0.25, -0.2) is 0 Å².